The monoisotopic (exact) mass is 257 g/mol. The molecule has 2 rings (SSSR count). The van der Waals surface area contributed by atoms with Gasteiger partial charge in [0.15, 0.2) is 0 Å². The molecule has 0 heterocycles. The van der Waals surface area contributed by atoms with Crippen molar-refractivity contribution in [3.05, 3.63) is 64.5 Å². The van der Waals surface area contributed by atoms with Gasteiger partial charge < -0.3 is 5.32 Å². The van der Waals surface area contributed by atoms with E-state index in [1.165, 1.54) is 12.1 Å². The average Bonchev–Trinajstić information content (AvgIpc) is 2.37. The fraction of sp³-hybridized carbons (Fsp3) is 0.188. The van der Waals surface area contributed by atoms with Crippen LogP contribution < -0.4 is 5.32 Å². The molecular weight excluding hydrogens is 241 g/mol. The molecule has 2 aromatic carbocycles. The Labute approximate surface area is 112 Å². The van der Waals surface area contributed by atoms with Crippen LogP contribution in [0.2, 0.25) is 0 Å². The molecule has 0 saturated heterocycles. The minimum absolute atomic E-state index is 0.213. The van der Waals surface area contributed by atoms with Gasteiger partial charge in [0.05, 0.1) is 0 Å². The van der Waals surface area contributed by atoms with E-state index >= 15 is 0 Å². The summed E-state index contributed by atoms with van der Waals surface area (Å²) in [4.78, 5) is 12.2. The Bertz CT molecular complexity index is 635. The number of anilines is 1. The highest BCUT2D eigenvalue weighted by Crippen LogP contribution is 2.19. The summed E-state index contributed by atoms with van der Waals surface area (Å²) in [5.41, 5.74) is 3.95. The van der Waals surface area contributed by atoms with Crippen LogP contribution in [-0.2, 0) is 0 Å². The summed E-state index contributed by atoms with van der Waals surface area (Å²) in [5.74, 6) is -0.572. The van der Waals surface area contributed by atoms with Gasteiger partial charge in [0.25, 0.3) is 5.91 Å². The van der Waals surface area contributed by atoms with Crippen molar-refractivity contribution < 1.29 is 9.18 Å². The van der Waals surface area contributed by atoms with Crippen LogP contribution in [0.1, 0.15) is 27.0 Å². The van der Waals surface area contributed by atoms with E-state index in [-0.39, 0.29) is 11.7 Å². The Morgan fingerprint density at radius 1 is 1.05 bits per heavy atom. The molecule has 0 fully saturated rings. The maximum atomic E-state index is 13.2. The molecule has 2 aromatic rings. The van der Waals surface area contributed by atoms with Crippen molar-refractivity contribution >= 4 is 11.6 Å². The van der Waals surface area contributed by atoms with Crippen molar-refractivity contribution in [3.63, 3.8) is 0 Å². The first kappa shape index (κ1) is 13.3. The van der Waals surface area contributed by atoms with E-state index < -0.39 is 0 Å². The fourth-order valence-corrected chi connectivity index (χ4v) is 1.92. The first-order chi connectivity index (χ1) is 8.99. The summed E-state index contributed by atoms with van der Waals surface area (Å²) in [7, 11) is 0. The Morgan fingerprint density at radius 3 is 2.53 bits per heavy atom. The van der Waals surface area contributed by atoms with E-state index in [9.17, 15) is 9.18 Å². The second-order valence-corrected chi connectivity index (χ2v) is 4.66. The number of halogens is 1. The van der Waals surface area contributed by atoms with Gasteiger partial charge in [0.2, 0.25) is 0 Å². The van der Waals surface area contributed by atoms with Crippen molar-refractivity contribution in [2.45, 2.75) is 20.8 Å². The maximum absolute atomic E-state index is 13.2. The smallest absolute Gasteiger partial charge is 0.255 e. The predicted octanol–water partition coefficient (Wildman–Crippen LogP) is 4.00. The molecule has 0 aliphatic rings. The van der Waals surface area contributed by atoms with E-state index in [1.54, 1.807) is 12.1 Å². The summed E-state index contributed by atoms with van der Waals surface area (Å²) in [6.45, 7) is 5.69. The van der Waals surface area contributed by atoms with E-state index in [0.717, 1.165) is 16.7 Å². The van der Waals surface area contributed by atoms with Crippen molar-refractivity contribution in [2.24, 2.45) is 0 Å². The standard InChI is InChI=1S/C16H16FNO/c1-10-5-4-6-14(12(10)3)16(19)18-15-9-13(17)8-7-11(15)2/h4-9H,1-3H3,(H,18,19). The number of hydrogen-bond donors (Lipinski definition) is 1. The Balaban J connectivity index is 2.31. The van der Waals surface area contributed by atoms with Gasteiger partial charge in [-0.05, 0) is 55.7 Å². The molecule has 0 aromatic heterocycles. The third-order valence-corrected chi connectivity index (χ3v) is 3.30. The van der Waals surface area contributed by atoms with Crippen LogP contribution in [0.15, 0.2) is 36.4 Å². The number of carbonyl (C=O) groups is 1. The van der Waals surface area contributed by atoms with Gasteiger partial charge in [-0.25, -0.2) is 4.39 Å². The molecule has 0 spiro atoms. The summed E-state index contributed by atoms with van der Waals surface area (Å²) >= 11 is 0. The number of hydrogen-bond acceptors (Lipinski definition) is 1. The van der Waals surface area contributed by atoms with Crippen LogP contribution in [0.3, 0.4) is 0 Å². The molecule has 0 saturated carbocycles. The van der Waals surface area contributed by atoms with Crippen LogP contribution in [0.5, 0.6) is 0 Å². The molecule has 0 unspecified atom stereocenters. The summed E-state index contributed by atoms with van der Waals surface area (Å²) in [6.07, 6.45) is 0. The second-order valence-electron chi connectivity index (χ2n) is 4.66. The molecule has 0 aliphatic carbocycles. The minimum atomic E-state index is -0.359. The quantitative estimate of drug-likeness (QED) is 0.865. The zero-order chi connectivity index (χ0) is 14.0. The molecule has 0 atom stereocenters. The van der Waals surface area contributed by atoms with Crippen LogP contribution in [-0.4, -0.2) is 5.91 Å². The molecule has 2 nitrogen and oxygen atoms in total. The third kappa shape index (κ3) is 2.81. The summed E-state index contributed by atoms with van der Waals surface area (Å²) in [6, 6.07) is 9.93. The van der Waals surface area contributed by atoms with Gasteiger partial charge in [-0.2, -0.15) is 0 Å². The van der Waals surface area contributed by atoms with Crippen LogP contribution >= 0.6 is 0 Å². The van der Waals surface area contributed by atoms with Crippen molar-refractivity contribution in [3.8, 4) is 0 Å². The van der Waals surface area contributed by atoms with Gasteiger partial charge in [-0.1, -0.05) is 18.2 Å². The van der Waals surface area contributed by atoms with Crippen LogP contribution in [0.4, 0.5) is 10.1 Å². The second kappa shape index (κ2) is 5.22. The molecule has 1 N–H and O–H groups in total. The minimum Gasteiger partial charge on any atom is -0.322 e. The SMILES string of the molecule is Cc1ccc(F)cc1NC(=O)c1cccc(C)c1C. The molecule has 0 aliphatic heterocycles. The largest absolute Gasteiger partial charge is 0.322 e. The number of rotatable bonds is 2. The summed E-state index contributed by atoms with van der Waals surface area (Å²) in [5, 5.41) is 2.76. The molecule has 0 bridgehead atoms. The topological polar surface area (TPSA) is 29.1 Å². The molecule has 3 heteroatoms. The number of aryl methyl sites for hydroxylation is 2. The molecule has 1 amide bonds. The van der Waals surface area contributed by atoms with Crippen LogP contribution in [0, 0.1) is 26.6 Å². The first-order valence-corrected chi connectivity index (χ1v) is 6.13. The Hall–Kier alpha value is -2.16. The zero-order valence-electron chi connectivity index (χ0n) is 11.3. The zero-order valence-corrected chi connectivity index (χ0v) is 11.3. The first-order valence-electron chi connectivity index (χ1n) is 6.13. The van der Waals surface area contributed by atoms with E-state index in [0.29, 0.717) is 11.3 Å². The highest BCUT2D eigenvalue weighted by molar-refractivity contribution is 6.05. The Kier molecular flexibility index (Phi) is 3.65. The average molecular weight is 257 g/mol. The lowest BCUT2D eigenvalue weighted by atomic mass is 10.0. The molecular formula is C16H16FNO. The number of benzene rings is 2. The number of nitrogens with one attached hydrogen (secondary N) is 1. The highest BCUT2D eigenvalue weighted by atomic mass is 19.1. The molecule has 98 valence electrons. The van der Waals surface area contributed by atoms with Crippen LogP contribution in [0.25, 0.3) is 0 Å². The van der Waals surface area contributed by atoms with E-state index in [1.807, 2.05) is 32.9 Å². The van der Waals surface area contributed by atoms with Gasteiger partial charge >= 0.3 is 0 Å². The normalized spacial score (nSPS) is 10.3. The molecule has 0 radical (unpaired) electrons. The summed E-state index contributed by atoms with van der Waals surface area (Å²) < 4.78 is 13.2. The van der Waals surface area contributed by atoms with E-state index in [2.05, 4.69) is 5.32 Å². The fourth-order valence-electron chi connectivity index (χ4n) is 1.92. The van der Waals surface area contributed by atoms with Crippen molar-refractivity contribution in [1.82, 2.24) is 0 Å². The lowest BCUT2D eigenvalue weighted by Gasteiger charge is -2.11. The van der Waals surface area contributed by atoms with Gasteiger partial charge in [-0.15, -0.1) is 0 Å². The van der Waals surface area contributed by atoms with Gasteiger partial charge in [0.1, 0.15) is 5.82 Å². The van der Waals surface area contributed by atoms with Crippen molar-refractivity contribution in [2.75, 3.05) is 5.32 Å². The number of amides is 1. The van der Waals surface area contributed by atoms with Crippen molar-refractivity contribution in [1.29, 1.82) is 0 Å². The lowest BCUT2D eigenvalue weighted by Crippen LogP contribution is -2.14. The number of carbonyl (C=O) groups excluding carboxylic acids is 1. The van der Waals surface area contributed by atoms with Gasteiger partial charge in [-0.3, -0.25) is 4.79 Å². The lowest BCUT2D eigenvalue weighted by molar-refractivity contribution is 0.102. The van der Waals surface area contributed by atoms with E-state index in [4.69, 9.17) is 0 Å². The Morgan fingerprint density at radius 2 is 1.79 bits per heavy atom. The predicted molar refractivity (Wildman–Crippen MR) is 75.0 cm³/mol. The maximum Gasteiger partial charge on any atom is 0.255 e. The highest BCUT2D eigenvalue weighted by Gasteiger charge is 2.11. The van der Waals surface area contributed by atoms with Gasteiger partial charge in [0, 0.05) is 11.3 Å². The third-order valence-electron chi connectivity index (χ3n) is 3.30. The molecule has 19 heavy (non-hydrogen) atoms.